The number of nitrogens with two attached hydrogens (primary N) is 1. The summed E-state index contributed by atoms with van der Waals surface area (Å²) >= 11 is 0.753. The summed E-state index contributed by atoms with van der Waals surface area (Å²) in [7, 11) is -3.65. The van der Waals surface area contributed by atoms with Gasteiger partial charge in [-0.05, 0) is 63.5 Å². The largest absolute Gasteiger partial charge is 0.385 e. The summed E-state index contributed by atoms with van der Waals surface area (Å²) in [5.74, 6) is -0.726. The van der Waals surface area contributed by atoms with E-state index >= 15 is 0 Å². The Morgan fingerprint density at radius 3 is 2.38 bits per heavy atom. The van der Waals surface area contributed by atoms with E-state index in [0.29, 0.717) is 0 Å². The number of carbonyl (C=O) groups excluding carboxylic acids is 1. The molecule has 4 N–H and O–H groups in total. The number of carbonyl (C=O) groups is 1. The molecule has 2 amide bonds. The molecule has 2 aliphatic rings. The lowest BCUT2D eigenvalue weighted by molar-refractivity contribution is 0.0789. The normalized spacial score (nSPS) is 17.6. The molecule has 0 bridgehead atoms. The van der Waals surface area contributed by atoms with Gasteiger partial charge in [0.25, 0.3) is 0 Å². The maximum absolute atomic E-state index is 14.1. The molecule has 2 aromatic rings. The van der Waals surface area contributed by atoms with Gasteiger partial charge in [0.05, 0.1) is 16.2 Å². The second-order valence-electron chi connectivity index (χ2n) is 7.94. The van der Waals surface area contributed by atoms with Crippen LogP contribution in [0.3, 0.4) is 0 Å². The zero-order valence-electron chi connectivity index (χ0n) is 16.2. The van der Waals surface area contributed by atoms with Gasteiger partial charge >= 0.3 is 6.03 Å². The van der Waals surface area contributed by atoms with Gasteiger partial charge < -0.3 is 10.4 Å². The molecular weight excluding hydrogens is 415 g/mol. The van der Waals surface area contributed by atoms with Crippen LogP contribution in [0.2, 0.25) is 0 Å². The van der Waals surface area contributed by atoms with Crippen LogP contribution in [0.15, 0.2) is 14.6 Å². The minimum atomic E-state index is -3.65. The Bertz CT molecular complexity index is 1100. The van der Waals surface area contributed by atoms with E-state index in [4.69, 9.17) is 10.1 Å². The topological polar surface area (TPSA) is 118 Å². The van der Waals surface area contributed by atoms with E-state index < -0.39 is 27.4 Å². The predicted molar refractivity (Wildman–Crippen MR) is 110 cm³/mol. The van der Waals surface area contributed by atoms with Crippen molar-refractivity contribution >= 4 is 33.0 Å². The van der Waals surface area contributed by atoms with Crippen LogP contribution in [-0.2, 0) is 41.2 Å². The highest BCUT2D eigenvalue weighted by Crippen LogP contribution is 2.37. The van der Waals surface area contributed by atoms with Gasteiger partial charge in [-0.15, -0.1) is 15.7 Å². The van der Waals surface area contributed by atoms with Gasteiger partial charge in [-0.1, -0.05) is 0 Å². The molecule has 2 aromatic heterocycles. The maximum Gasteiger partial charge on any atom is 0.354 e. The van der Waals surface area contributed by atoms with Crippen LogP contribution in [0.1, 0.15) is 54.1 Å². The standard InChI is InChI=1S/C19H23FN4O3S2/c1-19(2,26)17-12(20)9-15(28-17)29(21,27)24-18(25)23-16-10-5-3-7-13(10)22-14-8-4-6-11(14)16/h9,26H,3-8H2,1-2H3,(H3,21,22,23,24,25,27). The highest BCUT2D eigenvalue weighted by Gasteiger charge is 2.28. The molecule has 0 saturated heterocycles. The Labute approximate surface area is 172 Å². The molecule has 0 aliphatic heterocycles. The number of anilines is 1. The lowest BCUT2D eigenvalue weighted by Crippen LogP contribution is -2.18. The number of hydrogen-bond donors (Lipinski definition) is 3. The molecule has 2 aliphatic carbocycles. The highest BCUT2D eigenvalue weighted by atomic mass is 32.2. The zero-order chi connectivity index (χ0) is 21.0. The first-order valence-corrected chi connectivity index (χ1v) is 11.9. The van der Waals surface area contributed by atoms with E-state index in [1.54, 1.807) is 0 Å². The third-order valence-corrected chi connectivity index (χ3v) is 8.52. The smallest absolute Gasteiger partial charge is 0.354 e. The number of aryl methyl sites for hydroxylation is 2. The fourth-order valence-corrected chi connectivity index (χ4v) is 6.21. The van der Waals surface area contributed by atoms with Gasteiger partial charge in [-0.3, -0.25) is 4.98 Å². The molecule has 29 heavy (non-hydrogen) atoms. The number of nitrogens with one attached hydrogen (secondary N) is 1. The summed E-state index contributed by atoms with van der Waals surface area (Å²) in [6, 6.07) is 0.143. The number of urea groups is 1. The lowest BCUT2D eigenvalue weighted by Gasteiger charge is -2.14. The summed E-state index contributed by atoms with van der Waals surface area (Å²) in [5, 5.41) is 18.6. The number of hydrogen-bond acceptors (Lipinski definition) is 5. The molecule has 4 rings (SSSR count). The van der Waals surface area contributed by atoms with Crippen molar-refractivity contribution in [2.24, 2.45) is 9.50 Å². The Morgan fingerprint density at radius 1 is 1.28 bits per heavy atom. The first kappa shape index (κ1) is 20.4. The molecule has 0 aromatic carbocycles. The summed E-state index contributed by atoms with van der Waals surface area (Å²) in [6.45, 7) is 2.83. The van der Waals surface area contributed by atoms with Crippen LogP contribution in [0.4, 0.5) is 14.9 Å². The summed E-state index contributed by atoms with van der Waals surface area (Å²) in [6.07, 6.45) is 5.37. The number of nitrogens with zero attached hydrogens (tertiary/aromatic N) is 2. The van der Waals surface area contributed by atoms with Crippen LogP contribution >= 0.6 is 11.3 Å². The van der Waals surface area contributed by atoms with Gasteiger partial charge in [0.1, 0.15) is 10.0 Å². The molecule has 0 saturated carbocycles. The first-order chi connectivity index (χ1) is 13.6. The van der Waals surface area contributed by atoms with Crippen molar-refractivity contribution in [3.8, 4) is 0 Å². The quantitative estimate of drug-likeness (QED) is 0.680. The van der Waals surface area contributed by atoms with Crippen molar-refractivity contribution in [1.29, 1.82) is 0 Å². The van der Waals surface area contributed by atoms with E-state index in [2.05, 4.69) is 9.68 Å². The number of rotatable bonds is 3. The summed E-state index contributed by atoms with van der Waals surface area (Å²) in [5.41, 5.74) is 3.31. The van der Waals surface area contributed by atoms with E-state index in [1.807, 2.05) is 0 Å². The van der Waals surface area contributed by atoms with Gasteiger partial charge in [0, 0.05) is 17.5 Å². The van der Waals surface area contributed by atoms with Gasteiger partial charge in [-0.25, -0.2) is 18.5 Å². The Morgan fingerprint density at radius 2 is 1.86 bits per heavy atom. The van der Waals surface area contributed by atoms with Gasteiger partial charge in [0.15, 0.2) is 9.92 Å². The third kappa shape index (κ3) is 3.81. The second kappa shape index (κ2) is 7.12. The van der Waals surface area contributed by atoms with E-state index in [-0.39, 0.29) is 9.09 Å². The van der Waals surface area contributed by atoms with Crippen LogP contribution in [0, 0.1) is 5.82 Å². The number of fused-ring (bicyclic) bond motifs is 2. The average Bonchev–Trinajstić information content (AvgIpc) is 3.31. The molecule has 7 nitrogen and oxygen atoms in total. The van der Waals surface area contributed by atoms with Crippen molar-refractivity contribution in [1.82, 2.24) is 4.98 Å². The van der Waals surface area contributed by atoms with Crippen molar-refractivity contribution in [3.05, 3.63) is 39.3 Å². The number of aromatic nitrogens is 1. The second-order valence-corrected chi connectivity index (χ2v) is 11.0. The minimum absolute atomic E-state index is 0.00828. The molecule has 0 fully saturated rings. The SMILES string of the molecule is CC(C)(O)c1sc(S(N)(=O)=NC(=O)Nc2c3c(nc4c2CCC4)CCC3)cc1F. The van der Waals surface area contributed by atoms with E-state index in [9.17, 15) is 18.5 Å². The molecule has 156 valence electrons. The molecular formula is C19H23FN4O3S2. The number of amides is 2. The Hall–Kier alpha value is -1.88. The molecule has 0 spiro atoms. The fraction of sp³-hybridized carbons (Fsp3) is 0.474. The maximum atomic E-state index is 14.1. The van der Waals surface area contributed by atoms with Gasteiger partial charge in [0.2, 0.25) is 0 Å². The van der Waals surface area contributed by atoms with Crippen LogP contribution in [0.5, 0.6) is 0 Å². The number of pyridine rings is 1. The zero-order valence-corrected chi connectivity index (χ0v) is 17.9. The molecule has 0 radical (unpaired) electrons. The summed E-state index contributed by atoms with van der Waals surface area (Å²) < 4.78 is 30.6. The molecule has 2 heterocycles. The fourth-order valence-electron chi connectivity index (χ4n) is 3.94. The predicted octanol–water partition coefficient (Wildman–Crippen LogP) is 3.42. The van der Waals surface area contributed by atoms with Crippen molar-refractivity contribution < 1.29 is 18.5 Å². The number of halogens is 1. The average molecular weight is 439 g/mol. The lowest BCUT2D eigenvalue weighted by atomic mass is 10.1. The van der Waals surface area contributed by atoms with Crippen LogP contribution < -0.4 is 10.5 Å². The third-order valence-electron chi connectivity index (χ3n) is 5.21. The first-order valence-electron chi connectivity index (χ1n) is 9.48. The van der Waals surface area contributed by atoms with Crippen LogP contribution in [0.25, 0.3) is 0 Å². The number of aliphatic hydroxyl groups is 1. The molecule has 10 heteroatoms. The van der Waals surface area contributed by atoms with Gasteiger partial charge in [-0.2, -0.15) is 0 Å². The molecule has 1 atom stereocenters. The monoisotopic (exact) mass is 438 g/mol. The minimum Gasteiger partial charge on any atom is -0.385 e. The Kier molecular flexibility index (Phi) is 5.01. The van der Waals surface area contributed by atoms with Crippen LogP contribution in [-0.4, -0.2) is 20.3 Å². The number of thiophene rings is 1. The van der Waals surface area contributed by atoms with Crippen molar-refractivity contribution in [2.75, 3.05) is 5.32 Å². The molecule has 1 unspecified atom stereocenters. The van der Waals surface area contributed by atoms with Crippen molar-refractivity contribution in [3.63, 3.8) is 0 Å². The van der Waals surface area contributed by atoms with E-state index in [1.165, 1.54) is 13.8 Å². The van der Waals surface area contributed by atoms with E-state index in [0.717, 1.165) is 84.1 Å². The summed E-state index contributed by atoms with van der Waals surface area (Å²) in [4.78, 5) is 17.3. The van der Waals surface area contributed by atoms with Crippen molar-refractivity contribution in [2.45, 2.75) is 62.2 Å². The highest BCUT2D eigenvalue weighted by molar-refractivity contribution is 7.93. The Balaban J connectivity index is 1.67.